The summed E-state index contributed by atoms with van der Waals surface area (Å²) in [7, 11) is 0. The number of ether oxygens (including phenoxy) is 1. The first-order valence-corrected chi connectivity index (χ1v) is 12.9. The lowest BCUT2D eigenvalue weighted by Gasteiger charge is -2.32. The minimum Gasteiger partial charge on any atom is -0.484 e. The van der Waals surface area contributed by atoms with Crippen LogP contribution in [0.3, 0.4) is 0 Å². The summed E-state index contributed by atoms with van der Waals surface area (Å²) in [6.07, 6.45) is 4.62. The standard InChI is InChI=1S/C30H33ClN2O3/c1-22-10-5-6-13-24(22)20-33(29(34)21-36-27-17-9-14-25(31)19-27)28(18-23-11-3-2-4-12-23)30(35)32-26-15-7-8-16-26/h2-6,9-14,17,19,26,28H,7-8,15-16,18,20-21H2,1H3,(H,32,35)/t28-/m1/s1. The van der Waals surface area contributed by atoms with Crippen molar-refractivity contribution in [3.63, 3.8) is 0 Å². The van der Waals surface area contributed by atoms with Crippen LogP contribution >= 0.6 is 11.6 Å². The number of hydrogen-bond acceptors (Lipinski definition) is 3. The number of rotatable bonds is 10. The summed E-state index contributed by atoms with van der Waals surface area (Å²) >= 11 is 6.08. The number of benzene rings is 3. The van der Waals surface area contributed by atoms with E-state index in [4.69, 9.17) is 16.3 Å². The molecular formula is C30H33ClN2O3. The van der Waals surface area contributed by atoms with Gasteiger partial charge in [0.25, 0.3) is 5.91 Å². The Labute approximate surface area is 218 Å². The largest absolute Gasteiger partial charge is 0.484 e. The van der Waals surface area contributed by atoms with E-state index >= 15 is 0 Å². The maximum Gasteiger partial charge on any atom is 0.261 e. The summed E-state index contributed by atoms with van der Waals surface area (Å²) in [4.78, 5) is 29.0. The summed E-state index contributed by atoms with van der Waals surface area (Å²) in [6.45, 7) is 2.15. The Hall–Kier alpha value is -3.31. The lowest BCUT2D eigenvalue weighted by molar-refractivity contribution is -0.143. The average Bonchev–Trinajstić information content (AvgIpc) is 3.39. The number of nitrogens with one attached hydrogen (secondary N) is 1. The summed E-state index contributed by atoms with van der Waals surface area (Å²) in [6, 6.07) is 24.3. The Bertz CT molecular complexity index is 1160. The highest BCUT2D eigenvalue weighted by Crippen LogP contribution is 2.22. The van der Waals surface area contributed by atoms with E-state index in [9.17, 15) is 9.59 Å². The van der Waals surface area contributed by atoms with Crippen molar-refractivity contribution in [2.24, 2.45) is 0 Å². The number of amides is 2. The second-order valence-electron chi connectivity index (χ2n) is 9.39. The maximum atomic E-state index is 13.7. The Morgan fingerprint density at radius 3 is 2.44 bits per heavy atom. The van der Waals surface area contributed by atoms with Crippen molar-refractivity contribution >= 4 is 23.4 Å². The normalized spacial score (nSPS) is 14.3. The monoisotopic (exact) mass is 504 g/mol. The highest BCUT2D eigenvalue weighted by atomic mass is 35.5. The van der Waals surface area contributed by atoms with Crippen molar-refractivity contribution in [3.8, 4) is 5.75 Å². The Kier molecular flexibility index (Phi) is 9.01. The molecule has 1 fully saturated rings. The van der Waals surface area contributed by atoms with E-state index in [1.807, 2.05) is 61.5 Å². The lowest BCUT2D eigenvalue weighted by Crippen LogP contribution is -2.53. The average molecular weight is 505 g/mol. The molecule has 1 saturated carbocycles. The van der Waals surface area contributed by atoms with E-state index in [0.29, 0.717) is 23.7 Å². The smallest absolute Gasteiger partial charge is 0.261 e. The molecule has 5 nitrogen and oxygen atoms in total. The van der Waals surface area contributed by atoms with Gasteiger partial charge in [-0.2, -0.15) is 0 Å². The van der Waals surface area contributed by atoms with Gasteiger partial charge in [-0.25, -0.2) is 0 Å². The zero-order chi connectivity index (χ0) is 25.3. The van der Waals surface area contributed by atoms with Crippen molar-refractivity contribution in [1.29, 1.82) is 0 Å². The molecule has 1 atom stereocenters. The number of carbonyl (C=O) groups excluding carboxylic acids is 2. The molecule has 1 N–H and O–H groups in total. The van der Waals surface area contributed by atoms with E-state index in [2.05, 4.69) is 5.32 Å². The third-order valence-electron chi connectivity index (χ3n) is 6.73. The fourth-order valence-corrected chi connectivity index (χ4v) is 4.86. The molecule has 0 bridgehead atoms. The predicted molar refractivity (Wildman–Crippen MR) is 143 cm³/mol. The molecule has 3 aromatic carbocycles. The van der Waals surface area contributed by atoms with Crippen molar-refractivity contribution in [2.45, 2.75) is 57.7 Å². The highest BCUT2D eigenvalue weighted by molar-refractivity contribution is 6.30. The van der Waals surface area contributed by atoms with Gasteiger partial charge < -0.3 is 15.0 Å². The molecule has 1 aliphatic rings. The second-order valence-corrected chi connectivity index (χ2v) is 9.83. The van der Waals surface area contributed by atoms with Crippen LogP contribution in [-0.2, 0) is 22.6 Å². The van der Waals surface area contributed by atoms with Crippen LogP contribution in [0.4, 0.5) is 0 Å². The van der Waals surface area contributed by atoms with Gasteiger partial charge in [0.15, 0.2) is 6.61 Å². The van der Waals surface area contributed by atoms with Crippen molar-refractivity contribution in [1.82, 2.24) is 10.2 Å². The second kappa shape index (κ2) is 12.6. The molecule has 0 aromatic heterocycles. The number of halogens is 1. The van der Waals surface area contributed by atoms with Crippen molar-refractivity contribution < 1.29 is 14.3 Å². The van der Waals surface area contributed by atoms with Crippen LogP contribution < -0.4 is 10.1 Å². The third-order valence-corrected chi connectivity index (χ3v) is 6.97. The summed E-state index contributed by atoms with van der Waals surface area (Å²) < 4.78 is 5.80. The first kappa shape index (κ1) is 25.8. The van der Waals surface area contributed by atoms with Crippen LogP contribution in [-0.4, -0.2) is 35.4 Å². The van der Waals surface area contributed by atoms with Crippen LogP contribution in [0.5, 0.6) is 5.75 Å². The molecule has 0 saturated heterocycles. The first-order chi connectivity index (χ1) is 17.5. The van der Waals surface area contributed by atoms with Gasteiger partial charge in [0.05, 0.1) is 0 Å². The molecule has 188 valence electrons. The number of carbonyl (C=O) groups is 2. The van der Waals surface area contributed by atoms with Gasteiger partial charge in [0.1, 0.15) is 11.8 Å². The SMILES string of the molecule is Cc1ccccc1CN(C(=O)COc1cccc(Cl)c1)[C@H](Cc1ccccc1)C(=O)NC1CCCC1. The van der Waals surface area contributed by atoms with E-state index in [1.54, 1.807) is 29.2 Å². The third kappa shape index (κ3) is 7.11. The van der Waals surface area contributed by atoms with Gasteiger partial charge in [-0.3, -0.25) is 9.59 Å². The molecule has 1 aliphatic carbocycles. The maximum absolute atomic E-state index is 13.7. The lowest BCUT2D eigenvalue weighted by atomic mass is 10.0. The van der Waals surface area contributed by atoms with Gasteiger partial charge in [0.2, 0.25) is 5.91 Å². The van der Waals surface area contributed by atoms with Crippen LogP contribution in [0.15, 0.2) is 78.9 Å². The van der Waals surface area contributed by atoms with Crippen molar-refractivity contribution in [2.75, 3.05) is 6.61 Å². The van der Waals surface area contributed by atoms with E-state index in [0.717, 1.165) is 42.4 Å². The molecule has 3 aromatic rings. The Morgan fingerprint density at radius 1 is 1.00 bits per heavy atom. The van der Waals surface area contributed by atoms with Gasteiger partial charge in [-0.05, 0) is 54.7 Å². The molecule has 4 rings (SSSR count). The Morgan fingerprint density at radius 2 is 1.72 bits per heavy atom. The molecule has 0 spiro atoms. The zero-order valence-electron chi connectivity index (χ0n) is 20.7. The summed E-state index contributed by atoms with van der Waals surface area (Å²) in [5, 5.41) is 3.76. The molecule has 0 unspecified atom stereocenters. The van der Waals surface area contributed by atoms with Gasteiger partial charge in [0, 0.05) is 24.0 Å². The van der Waals surface area contributed by atoms with Crippen molar-refractivity contribution in [3.05, 3.63) is 101 Å². The summed E-state index contributed by atoms with van der Waals surface area (Å²) in [5.74, 6) is 0.151. The van der Waals surface area contributed by atoms with Gasteiger partial charge in [-0.15, -0.1) is 0 Å². The molecular weight excluding hydrogens is 472 g/mol. The predicted octanol–water partition coefficient (Wildman–Crippen LogP) is 5.73. The van der Waals surface area contributed by atoms with E-state index in [1.165, 1.54) is 0 Å². The number of aryl methyl sites for hydroxylation is 1. The highest BCUT2D eigenvalue weighted by Gasteiger charge is 2.32. The molecule has 0 aliphatic heterocycles. The molecule has 36 heavy (non-hydrogen) atoms. The quantitative estimate of drug-likeness (QED) is 0.384. The fourth-order valence-electron chi connectivity index (χ4n) is 4.68. The van der Waals surface area contributed by atoms with E-state index in [-0.39, 0.29) is 24.5 Å². The van der Waals surface area contributed by atoms with Gasteiger partial charge in [-0.1, -0.05) is 85.1 Å². The van der Waals surface area contributed by atoms with Crippen LogP contribution in [0, 0.1) is 6.92 Å². The minimum absolute atomic E-state index is 0.115. The molecule has 6 heteroatoms. The molecule has 0 radical (unpaired) electrons. The number of nitrogens with zero attached hydrogens (tertiary/aromatic N) is 1. The topological polar surface area (TPSA) is 58.6 Å². The van der Waals surface area contributed by atoms with Crippen LogP contribution in [0.2, 0.25) is 5.02 Å². The van der Waals surface area contributed by atoms with Crippen LogP contribution in [0.25, 0.3) is 0 Å². The molecule has 2 amide bonds. The first-order valence-electron chi connectivity index (χ1n) is 12.6. The number of hydrogen-bond donors (Lipinski definition) is 1. The molecule has 0 heterocycles. The minimum atomic E-state index is -0.664. The van der Waals surface area contributed by atoms with Gasteiger partial charge >= 0.3 is 0 Å². The fraction of sp³-hybridized carbons (Fsp3) is 0.333. The summed E-state index contributed by atoms with van der Waals surface area (Å²) in [5.41, 5.74) is 3.07. The zero-order valence-corrected chi connectivity index (χ0v) is 21.4. The van der Waals surface area contributed by atoms with E-state index < -0.39 is 6.04 Å². The van der Waals surface area contributed by atoms with Crippen LogP contribution in [0.1, 0.15) is 42.4 Å². The Balaban J connectivity index is 1.62.